The highest BCUT2D eigenvalue weighted by atomic mass is 35.5. The maximum absolute atomic E-state index is 6.07. The van der Waals surface area contributed by atoms with Gasteiger partial charge >= 0.3 is 0 Å². The molecule has 0 amide bonds. The molecule has 100 valence electrons. The summed E-state index contributed by atoms with van der Waals surface area (Å²) in [6, 6.07) is 10.9. The molecule has 0 aliphatic heterocycles. The van der Waals surface area contributed by atoms with E-state index in [4.69, 9.17) is 27.9 Å². The minimum atomic E-state index is 0.392. The molecule has 0 saturated heterocycles. The Morgan fingerprint density at radius 1 is 1.16 bits per heavy atom. The van der Waals surface area contributed by atoms with Crippen LogP contribution in [0.15, 0.2) is 36.4 Å². The maximum Gasteiger partial charge on any atom is 0.219 e. The molecular weight excluding hydrogens is 283 g/mol. The van der Waals surface area contributed by atoms with E-state index in [1.54, 1.807) is 24.3 Å². The Balaban J connectivity index is 2.16. The Hall–Kier alpha value is -1.29. The van der Waals surface area contributed by atoms with E-state index in [1.165, 1.54) is 0 Å². The molecule has 1 heterocycles. The van der Waals surface area contributed by atoms with Gasteiger partial charge in [-0.3, -0.25) is 0 Å². The lowest BCUT2D eigenvalue weighted by Crippen LogP contribution is -2.12. The van der Waals surface area contributed by atoms with Gasteiger partial charge in [0.05, 0.1) is 10.7 Å². The summed E-state index contributed by atoms with van der Waals surface area (Å²) in [5, 5.41) is 4.06. The zero-order chi connectivity index (χ0) is 13.7. The first-order chi connectivity index (χ1) is 9.20. The van der Waals surface area contributed by atoms with Crippen LogP contribution in [0, 0.1) is 0 Å². The van der Waals surface area contributed by atoms with Crippen LogP contribution in [0.1, 0.15) is 12.6 Å². The number of halogens is 2. The highest BCUT2D eigenvalue weighted by Crippen LogP contribution is 2.33. The third-order valence-corrected chi connectivity index (χ3v) is 3.27. The number of hydrogen-bond donors (Lipinski definition) is 1. The van der Waals surface area contributed by atoms with Crippen LogP contribution in [0.3, 0.4) is 0 Å². The summed E-state index contributed by atoms with van der Waals surface area (Å²) >= 11 is 12.0. The van der Waals surface area contributed by atoms with Gasteiger partial charge in [0.15, 0.2) is 0 Å². The van der Waals surface area contributed by atoms with Crippen molar-refractivity contribution in [2.45, 2.75) is 13.5 Å². The first-order valence-electron chi connectivity index (χ1n) is 5.99. The topological polar surface area (TPSA) is 34.1 Å². The first kappa shape index (κ1) is 14.1. The summed E-state index contributed by atoms with van der Waals surface area (Å²) in [6.07, 6.45) is 0. The average molecular weight is 297 g/mol. The molecule has 0 fully saturated rings. The molecule has 1 aromatic carbocycles. The van der Waals surface area contributed by atoms with Gasteiger partial charge in [-0.2, -0.15) is 0 Å². The van der Waals surface area contributed by atoms with Crippen LogP contribution >= 0.6 is 23.2 Å². The van der Waals surface area contributed by atoms with Gasteiger partial charge in [-0.15, -0.1) is 0 Å². The highest BCUT2D eigenvalue weighted by Gasteiger charge is 2.07. The molecule has 0 saturated carbocycles. The number of benzene rings is 1. The number of nitrogens with zero attached hydrogens (tertiary/aromatic N) is 1. The Bertz CT molecular complexity index is 561. The Labute approximate surface area is 122 Å². The van der Waals surface area contributed by atoms with E-state index in [0.29, 0.717) is 28.2 Å². The van der Waals surface area contributed by atoms with E-state index < -0.39 is 0 Å². The number of nitrogens with one attached hydrogen (secondary N) is 1. The minimum absolute atomic E-state index is 0.392. The van der Waals surface area contributed by atoms with Crippen molar-refractivity contribution in [1.29, 1.82) is 0 Å². The molecule has 2 aromatic rings. The predicted octanol–water partition coefficient (Wildman–Crippen LogP) is 4.29. The lowest BCUT2D eigenvalue weighted by Gasteiger charge is -2.09. The van der Waals surface area contributed by atoms with Gasteiger partial charge in [0.25, 0.3) is 0 Å². The molecule has 0 radical (unpaired) electrons. The molecule has 0 bridgehead atoms. The fourth-order valence-corrected chi connectivity index (χ4v) is 1.87. The largest absolute Gasteiger partial charge is 0.437 e. The zero-order valence-electron chi connectivity index (χ0n) is 10.5. The Morgan fingerprint density at radius 2 is 1.95 bits per heavy atom. The second kappa shape index (κ2) is 6.75. The number of ether oxygens (including phenoxy) is 1. The predicted molar refractivity (Wildman–Crippen MR) is 78.2 cm³/mol. The standard InChI is InChI=1S/C14H14Cl2N2O/c1-2-17-9-10-5-3-8-13(18-10)19-12-7-4-6-11(15)14(12)16/h3-8,17H,2,9H2,1H3. The van der Waals surface area contributed by atoms with Crippen LogP contribution in [0.5, 0.6) is 11.6 Å². The van der Waals surface area contributed by atoms with Crippen molar-refractivity contribution >= 4 is 23.2 Å². The van der Waals surface area contributed by atoms with Gasteiger partial charge < -0.3 is 10.1 Å². The molecular formula is C14H14Cl2N2O. The fraction of sp³-hybridized carbons (Fsp3) is 0.214. The summed E-state index contributed by atoms with van der Waals surface area (Å²) in [4.78, 5) is 4.39. The number of hydrogen-bond acceptors (Lipinski definition) is 3. The van der Waals surface area contributed by atoms with Crippen molar-refractivity contribution in [3.63, 3.8) is 0 Å². The van der Waals surface area contributed by atoms with Crippen molar-refractivity contribution in [2.75, 3.05) is 6.54 Å². The minimum Gasteiger partial charge on any atom is -0.437 e. The van der Waals surface area contributed by atoms with E-state index in [-0.39, 0.29) is 0 Å². The van der Waals surface area contributed by atoms with Gasteiger partial charge in [0.2, 0.25) is 5.88 Å². The van der Waals surface area contributed by atoms with Crippen LogP contribution in [-0.4, -0.2) is 11.5 Å². The average Bonchev–Trinajstić information content (AvgIpc) is 2.42. The smallest absolute Gasteiger partial charge is 0.219 e. The zero-order valence-corrected chi connectivity index (χ0v) is 12.0. The van der Waals surface area contributed by atoms with Gasteiger partial charge in [-0.25, -0.2) is 4.98 Å². The SMILES string of the molecule is CCNCc1cccc(Oc2cccc(Cl)c2Cl)n1. The van der Waals surface area contributed by atoms with E-state index >= 15 is 0 Å². The van der Waals surface area contributed by atoms with Crippen LogP contribution in [0.2, 0.25) is 10.0 Å². The summed E-state index contributed by atoms with van der Waals surface area (Å²) in [5.41, 5.74) is 0.914. The van der Waals surface area contributed by atoms with Crippen LogP contribution in [0.25, 0.3) is 0 Å². The van der Waals surface area contributed by atoms with Crippen molar-refractivity contribution in [2.24, 2.45) is 0 Å². The normalized spacial score (nSPS) is 10.5. The molecule has 1 N–H and O–H groups in total. The Kier molecular flexibility index (Phi) is 5.02. The molecule has 1 aromatic heterocycles. The number of aromatic nitrogens is 1. The quantitative estimate of drug-likeness (QED) is 0.894. The van der Waals surface area contributed by atoms with E-state index in [1.807, 2.05) is 19.1 Å². The summed E-state index contributed by atoms with van der Waals surface area (Å²) in [5.74, 6) is 1.00. The van der Waals surface area contributed by atoms with Gasteiger partial charge in [-0.05, 0) is 24.7 Å². The van der Waals surface area contributed by atoms with E-state index in [0.717, 1.165) is 12.2 Å². The third kappa shape index (κ3) is 3.83. The summed E-state index contributed by atoms with van der Waals surface area (Å²) in [7, 11) is 0. The van der Waals surface area contributed by atoms with Gasteiger partial charge in [0, 0.05) is 12.6 Å². The monoisotopic (exact) mass is 296 g/mol. The molecule has 0 unspecified atom stereocenters. The first-order valence-corrected chi connectivity index (χ1v) is 6.75. The Morgan fingerprint density at radius 3 is 2.74 bits per heavy atom. The number of rotatable bonds is 5. The third-order valence-electron chi connectivity index (χ3n) is 2.47. The van der Waals surface area contributed by atoms with Crippen LogP contribution < -0.4 is 10.1 Å². The maximum atomic E-state index is 6.07. The van der Waals surface area contributed by atoms with Crippen LogP contribution in [0.4, 0.5) is 0 Å². The lowest BCUT2D eigenvalue weighted by atomic mass is 10.3. The fourth-order valence-electron chi connectivity index (χ4n) is 1.54. The summed E-state index contributed by atoms with van der Waals surface area (Å²) < 4.78 is 5.66. The highest BCUT2D eigenvalue weighted by molar-refractivity contribution is 6.42. The van der Waals surface area contributed by atoms with Crippen molar-refractivity contribution < 1.29 is 4.74 Å². The number of pyridine rings is 1. The van der Waals surface area contributed by atoms with Crippen molar-refractivity contribution in [3.05, 3.63) is 52.1 Å². The second-order valence-electron chi connectivity index (χ2n) is 3.90. The molecule has 2 rings (SSSR count). The molecule has 0 atom stereocenters. The summed E-state index contributed by atoms with van der Waals surface area (Å²) in [6.45, 7) is 3.65. The van der Waals surface area contributed by atoms with E-state index in [9.17, 15) is 0 Å². The molecule has 0 aliphatic rings. The molecule has 0 spiro atoms. The van der Waals surface area contributed by atoms with E-state index in [2.05, 4.69) is 10.3 Å². The van der Waals surface area contributed by atoms with Gasteiger partial charge in [0.1, 0.15) is 10.8 Å². The van der Waals surface area contributed by atoms with Crippen molar-refractivity contribution in [1.82, 2.24) is 10.3 Å². The second-order valence-corrected chi connectivity index (χ2v) is 4.69. The molecule has 5 heteroatoms. The lowest BCUT2D eigenvalue weighted by molar-refractivity contribution is 0.460. The molecule has 0 aliphatic carbocycles. The molecule has 3 nitrogen and oxygen atoms in total. The molecule has 19 heavy (non-hydrogen) atoms. The van der Waals surface area contributed by atoms with Crippen molar-refractivity contribution in [3.8, 4) is 11.6 Å². The van der Waals surface area contributed by atoms with Crippen LogP contribution in [-0.2, 0) is 6.54 Å². The van der Waals surface area contributed by atoms with Gasteiger partial charge in [-0.1, -0.05) is 42.3 Å².